The predicted molar refractivity (Wildman–Crippen MR) is 107 cm³/mol. The molecule has 4 nitrogen and oxygen atoms in total. The molecule has 0 amide bonds. The summed E-state index contributed by atoms with van der Waals surface area (Å²) >= 11 is 0. The molecule has 1 aliphatic carbocycles. The van der Waals surface area contributed by atoms with Crippen LogP contribution in [0.1, 0.15) is 88.7 Å². The van der Waals surface area contributed by atoms with Crippen molar-refractivity contribution in [3.8, 4) is 0 Å². The van der Waals surface area contributed by atoms with Crippen LogP contribution in [-0.2, 0) is 17.6 Å². The number of aromatic amines is 1. The van der Waals surface area contributed by atoms with E-state index in [4.69, 9.17) is 4.74 Å². The normalized spacial score (nSPS) is 16.3. The summed E-state index contributed by atoms with van der Waals surface area (Å²) in [6.45, 7) is 6.52. The van der Waals surface area contributed by atoms with Gasteiger partial charge in [-0.25, -0.2) is 4.79 Å². The molecule has 0 unspecified atom stereocenters. The van der Waals surface area contributed by atoms with Crippen molar-refractivity contribution in [2.45, 2.75) is 65.2 Å². The van der Waals surface area contributed by atoms with E-state index in [0.29, 0.717) is 24.3 Å². The average Bonchev–Trinajstić information content (AvgIpc) is 3.02. The molecule has 3 rings (SSSR count). The molecule has 0 fully saturated rings. The molecule has 0 spiro atoms. The molecule has 1 heterocycles. The third-order valence-corrected chi connectivity index (χ3v) is 5.53. The van der Waals surface area contributed by atoms with Gasteiger partial charge in [-0.05, 0) is 48.8 Å². The number of benzene rings is 1. The van der Waals surface area contributed by atoms with Crippen molar-refractivity contribution in [1.29, 1.82) is 0 Å². The SMILES string of the molecule is CCCCCOC(=O)c1[nH]c2c(c1C)C(=O)C[C@H](c1ccc(CC)cc1)C2. The van der Waals surface area contributed by atoms with Crippen molar-refractivity contribution >= 4 is 11.8 Å². The standard InChI is InChI=1S/C23H29NO3/c1-4-6-7-12-27-23(26)22-15(3)21-19(24-22)13-18(14-20(21)25)17-10-8-16(5-2)9-11-17/h8-11,18,24H,4-7,12-14H2,1-3H3/t18-/m1/s1. The van der Waals surface area contributed by atoms with E-state index in [-0.39, 0.29) is 17.7 Å². The summed E-state index contributed by atoms with van der Waals surface area (Å²) in [5.41, 5.74) is 5.21. The first-order chi connectivity index (χ1) is 13.0. The maximum absolute atomic E-state index is 12.8. The van der Waals surface area contributed by atoms with Crippen LogP contribution in [0.15, 0.2) is 24.3 Å². The van der Waals surface area contributed by atoms with Gasteiger partial charge >= 0.3 is 5.97 Å². The van der Waals surface area contributed by atoms with Gasteiger partial charge in [0.15, 0.2) is 5.78 Å². The van der Waals surface area contributed by atoms with Crippen LogP contribution in [0, 0.1) is 6.92 Å². The van der Waals surface area contributed by atoms with Crippen LogP contribution in [0.3, 0.4) is 0 Å². The van der Waals surface area contributed by atoms with Crippen molar-refractivity contribution in [3.63, 3.8) is 0 Å². The van der Waals surface area contributed by atoms with E-state index in [1.165, 1.54) is 11.1 Å². The van der Waals surface area contributed by atoms with Gasteiger partial charge in [0.1, 0.15) is 5.69 Å². The fourth-order valence-corrected chi connectivity index (χ4v) is 3.89. The summed E-state index contributed by atoms with van der Waals surface area (Å²) in [6.07, 6.45) is 5.25. The number of nitrogens with one attached hydrogen (secondary N) is 1. The smallest absolute Gasteiger partial charge is 0.355 e. The highest BCUT2D eigenvalue weighted by molar-refractivity contribution is 6.03. The Morgan fingerprint density at radius 2 is 1.89 bits per heavy atom. The van der Waals surface area contributed by atoms with Gasteiger partial charge in [-0.3, -0.25) is 4.79 Å². The molecule has 1 aromatic carbocycles. The fraction of sp³-hybridized carbons (Fsp3) is 0.478. The van der Waals surface area contributed by atoms with Crippen LogP contribution in [0.2, 0.25) is 0 Å². The summed E-state index contributed by atoms with van der Waals surface area (Å²) in [6, 6.07) is 8.52. The van der Waals surface area contributed by atoms with E-state index in [1.807, 2.05) is 6.92 Å². The van der Waals surface area contributed by atoms with Gasteiger partial charge in [-0.1, -0.05) is 51.0 Å². The van der Waals surface area contributed by atoms with Gasteiger partial charge in [0.25, 0.3) is 0 Å². The lowest BCUT2D eigenvalue weighted by molar-refractivity contribution is 0.0491. The van der Waals surface area contributed by atoms with Crippen molar-refractivity contribution in [3.05, 3.63) is 57.9 Å². The van der Waals surface area contributed by atoms with Gasteiger partial charge in [0.05, 0.1) is 6.61 Å². The van der Waals surface area contributed by atoms with Gasteiger partial charge in [-0.15, -0.1) is 0 Å². The number of fused-ring (bicyclic) bond motifs is 1. The third kappa shape index (κ3) is 4.15. The summed E-state index contributed by atoms with van der Waals surface area (Å²) in [5, 5.41) is 0. The molecular formula is C23H29NO3. The van der Waals surface area contributed by atoms with Crippen molar-refractivity contribution in [1.82, 2.24) is 4.98 Å². The second kappa shape index (κ2) is 8.55. The molecule has 4 heteroatoms. The molecule has 1 aromatic heterocycles. The topological polar surface area (TPSA) is 59.2 Å². The van der Waals surface area contributed by atoms with Crippen molar-refractivity contribution < 1.29 is 14.3 Å². The van der Waals surface area contributed by atoms with E-state index >= 15 is 0 Å². The lowest BCUT2D eigenvalue weighted by atomic mass is 9.81. The second-order valence-corrected chi connectivity index (χ2v) is 7.45. The minimum absolute atomic E-state index is 0.111. The Hall–Kier alpha value is -2.36. The van der Waals surface area contributed by atoms with Gasteiger partial charge in [-0.2, -0.15) is 0 Å². The quantitative estimate of drug-likeness (QED) is 0.544. The number of aryl methyl sites for hydroxylation is 1. The zero-order valence-electron chi connectivity index (χ0n) is 16.6. The number of hydrogen-bond donors (Lipinski definition) is 1. The third-order valence-electron chi connectivity index (χ3n) is 5.53. The van der Waals surface area contributed by atoms with Gasteiger partial charge < -0.3 is 9.72 Å². The Kier molecular flexibility index (Phi) is 6.15. The first-order valence-electron chi connectivity index (χ1n) is 10.1. The summed E-state index contributed by atoms with van der Waals surface area (Å²) in [5.74, 6) is -0.0865. The zero-order valence-corrected chi connectivity index (χ0v) is 16.6. The number of carbonyl (C=O) groups excluding carboxylic acids is 2. The van der Waals surface area contributed by atoms with E-state index in [0.717, 1.165) is 43.4 Å². The number of esters is 1. The maximum Gasteiger partial charge on any atom is 0.355 e. The molecule has 1 aliphatic rings. The lowest BCUT2D eigenvalue weighted by Crippen LogP contribution is -2.18. The minimum Gasteiger partial charge on any atom is -0.461 e. The van der Waals surface area contributed by atoms with Crippen LogP contribution in [0.4, 0.5) is 0 Å². The maximum atomic E-state index is 12.8. The fourth-order valence-electron chi connectivity index (χ4n) is 3.89. The number of ketones is 1. The van der Waals surface area contributed by atoms with Gasteiger partial charge in [0.2, 0.25) is 0 Å². The number of ether oxygens (including phenoxy) is 1. The first kappa shape index (κ1) is 19.4. The zero-order chi connectivity index (χ0) is 19.4. The highest BCUT2D eigenvalue weighted by atomic mass is 16.5. The number of H-pyrrole nitrogens is 1. The number of hydrogen-bond acceptors (Lipinski definition) is 3. The molecule has 1 atom stereocenters. The van der Waals surface area contributed by atoms with E-state index < -0.39 is 0 Å². The number of carbonyl (C=O) groups is 2. The van der Waals surface area contributed by atoms with E-state index in [2.05, 4.69) is 43.1 Å². The molecule has 0 radical (unpaired) electrons. The molecule has 0 bridgehead atoms. The van der Waals surface area contributed by atoms with Crippen LogP contribution >= 0.6 is 0 Å². The summed E-state index contributed by atoms with van der Waals surface area (Å²) < 4.78 is 5.38. The van der Waals surface area contributed by atoms with Crippen LogP contribution in [-0.4, -0.2) is 23.3 Å². The largest absolute Gasteiger partial charge is 0.461 e. The highest BCUT2D eigenvalue weighted by Crippen LogP contribution is 2.35. The second-order valence-electron chi connectivity index (χ2n) is 7.45. The Labute approximate surface area is 161 Å². The molecule has 0 saturated carbocycles. The van der Waals surface area contributed by atoms with Crippen LogP contribution in [0.25, 0.3) is 0 Å². The number of rotatable bonds is 7. The molecule has 0 saturated heterocycles. The Morgan fingerprint density at radius 1 is 1.15 bits per heavy atom. The highest BCUT2D eigenvalue weighted by Gasteiger charge is 2.32. The Morgan fingerprint density at radius 3 is 2.56 bits per heavy atom. The summed E-state index contributed by atoms with van der Waals surface area (Å²) in [7, 11) is 0. The monoisotopic (exact) mass is 367 g/mol. The average molecular weight is 367 g/mol. The predicted octanol–water partition coefficient (Wildman–Crippen LogP) is 5.15. The number of aromatic nitrogens is 1. The van der Waals surface area contributed by atoms with E-state index in [1.54, 1.807) is 0 Å². The number of unbranched alkanes of at least 4 members (excludes halogenated alkanes) is 2. The minimum atomic E-state index is -0.352. The first-order valence-corrected chi connectivity index (χ1v) is 10.1. The van der Waals surface area contributed by atoms with E-state index in [9.17, 15) is 9.59 Å². The molecular weight excluding hydrogens is 338 g/mol. The molecule has 2 aromatic rings. The molecule has 1 N–H and O–H groups in total. The van der Waals surface area contributed by atoms with Crippen molar-refractivity contribution in [2.75, 3.05) is 6.61 Å². The van der Waals surface area contributed by atoms with Crippen LogP contribution in [0.5, 0.6) is 0 Å². The Bertz CT molecular complexity index is 817. The summed E-state index contributed by atoms with van der Waals surface area (Å²) in [4.78, 5) is 28.4. The van der Waals surface area contributed by atoms with Crippen LogP contribution < -0.4 is 0 Å². The van der Waals surface area contributed by atoms with Crippen molar-refractivity contribution in [2.24, 2.45) is 0 Å². The number of Topliss-reactive ketones (excluding diaryl/α,β-unsaturated/α-hetero) is 1. The Balaban J connectivity index is 1.77. The molecule has 27 heavy (non-hydrogen) atoms. The molecule has 144 valence electrons. The lowest BCUT2D eigenvalue weighted by Gasteiger charge is -2.22. The van der Waals surface area contributed by atoms with Gasteiger partial charge in [0, 0.05) is 17.7 Å². The molecule has 0 aliphatic heterocycles.